The van der Waals surface area contributed by atoms with Crippen molar-refractivity contribution in [3.8, 4) is 5.75 Å². The van der Waals surface area contributed by atoms with Crippen LogP contribution in [0.25, 0.3) is 0 Å². The molecule has 0 radical (unpaired) electrons. The van der Waals surface area contributed by atoms with Crippen molar-refractivity contribution in [2.75, 3.05) is 38.2 Å². The lowest BCUT2D eigenvalue weighted by Gasteiger charge is -2.38. The summed E-state index contributed by atoms with van der Waals surface area (Å²) in [5.41, 5.74) is 1.31. The molecule has 0 N–H and O–H groups in total. The predicted molar refractivity (Wildman–Crippen MR) is 110 cm³/mol. The zero-order valence-electron chi connectivity index (χ0n) is 14.7. The summed E-state index contributed by atoms with van der Waals surface area (Å²) in [5.74, 6) is 0.898. The number of para-hydroxylation sites is 1. The summed E-state index contributed by atoms with van der Waals surface area (Å²) in [6.07, 6.45) is 0. The number of methoxy groups -OCH3 is 1. The molecule has 5 heteroatoms. The van der Waals surface area contributed by atoms with Crippen molar-refractivity contribution < 1.29 is 4.74 Å². The van der Waals surface area contributed by atoms with Gasteiger partial charge in [-0.05, 0) is 36.4 Å². The number of thiol groups is 1. The average Bonchev–Trinajstić information content (AvgIpc) is 2.70. The number of nitrogens with zero attached hydrogens (tertiary/aromatic N) is 2. The van der Waals surface area contributed by atoms with Crippen molar-refractivity contribution in [1.82, 2.24) is 4.67 Å². The fraction of sp³-hybridized carbons (Fsp3) is 0.368. The molecule has 1 aliphatic rings. The Hall–Kier alpha value is -1.22. The third-order valence-corrected chi connectivity index (χ3v) is 7.10. The Labute approximate surface area is 152 Å². The van der Waals surface area contributed by atoms with Crippen LogP contribution in [0, 0.1) is 0 Å². The van der Waals surface area contributed by atoms with E-state index in [0.717, 1.165) is 31.9 Å². The van der Waals surface area contributed by atoms with E-state index in [9.17, 15) is 0 Å². The average molecular weight is 362 g/mol. The topological polar surface area (TPSA) is 15.7 Å². The van der Waals surface area contributed by atoms with Crippen LogP contribution in [0.15, 0.2) is 54.6 Å². The molecule has 130 valence electrons. The van der Waals surface area contributed by atoms with Crippen LogP contribution in [-0.4, -0.2) is 38.0 Å². The molecule has 0 aromatic heterocycles. The van der Waals surface area contributed by atoms with E-state index in [1.165, 1.54) is 11.0 Å². The highest BCUT2D eigenvalue weighted by Gasteiger charge is 2.22. The first-order valence-electron chi connectivity index (χ1n) is 8.46. The molecule has 1 aliphatic heterocycles. The molecule has 3 nitrogen and oxygen atoms in total. The minimum atomic E-state index is -0.554. The zero-order chi connectivity index (χ0) is 17.4. The van der Waals surface area contributed by atoms with Crippen molar-refractivity contribution in [3.63, 3.8) is 0 Å². The summed E-state index contributed by atoms with van der Waals surface area (Å²) in [4.78, 5) is 2.45. The van der Waals surface area contributed by atoms with Gasteiger partial charge in [-0.1, -0.05) is 32.0 Å². The molecule has 1 fully saturated rings. The molecule has 1 atom stereocenters. The lowest BCUT2D eigenvalue weighted by Crippen LogP contribution is -2.44. The Balaban J connectivity index is 0.00000100. The second-order valence-corrected chi connectivity index (χ2v) is 8.06. The van der Waals surface area contributed by atoms with Crippen molar-refractivity contribution in [3.05, 3.63) is 54.6 Å². The van der Waals surface area contributed by atoms with E-state index < -0.39 is 7.27 Å². The number of ether oxygens (including phenoxy) is 1. The van der Waals surface area contributed by atoms with Crippen molar-refractivity contribution in [2.45, 2.75) is 13.8 Å². The van der Waals surface area contributed by atoms with Gasteiger partial charge in [-0.15, -0.1) is 12.2 Å². The lowest BCUT2D eigenvalue weighted by molar-refractivity contribution is 0.414. The van der Waals surface area contributed by atoms with Gasteiger partial charge in [0.05, 0.1) is 14.4 Å². The van der Waals surface area contributed by atoms with Crippen LogP contribution in [0.3, 0.4) is 0 Å². The maximum absolute atomic E-state index is 5.22. The molecule has 0 amide bonds. The molecule has 1 saturated heterocycles. The number of benzene rings is 2. The summed E-state index contributed by atoms with van der Waals surface area (Å²) >= 11 is 4.87. The Morgan fingerprint density at radius 2 is 1.46 bits per heavy atom. The standard InChI is InChI=1S/C17H21N2OPS.C2H6/c1-20-16-7-9-17(10-8-16)21(22)19-13-11-18(12-14-19)15-5-3-2-4-6-15;1-2/h2-10,22H,11-14H2,1H3;1-2H3. The van der Waals surface area contributed by atoms with Gasteiger partial charge in [0.1, 0.15) is 5.75 Å². The third kappa shape index (κ3) is 4.89. The minimum absolute atomic E-state index is 0.554. The van der Waals surface area contributed by atoms with E-state index in [-0.39, 0.29) is 0 Å². The van der Waals surface area contributed by atoms with E-state index in [2.05, 4.69) is 52.0 Å². The first kappa shape index (κ1) is 19.1. The van der Waals surface area contributed by atoms with Gasteiger partial charge in [0.25, 0.3) is 0 Å². The molecular formula is C19H27N2OPS. The quantitative estimate of drug-likeness (QED) is 0.641. The monoisotopic (exact) mass is 362 g/mol. The number of hydrogen-bond donors (Lipinski definition) is 1. The van der Waals surface area contributed by atoms with Gasteiger partial charge in [-0.3, -0.25) is 4.67 Å². The molecule has 3 rings (SSSR count). The summed E-state index contributed by atoms with van der Waals surface area (Å²) in [6, 6.07) is 18.9. The van der Waals surface area contributed by atoms with Crippen LogP contribution >= 0.6 is 19.5 Å². The largest absolute Gasteiger partial charge is 0.497 e. The van der Waals surface area contributed by atoms with Gasteiger partial charge in [0.15, 0.2) is 0 Å². The molecule has 0 spiro atoms. The van der Waals surface area contributed by atoms with Gasteiger partial charge in [0.2, 0.25) is 0 Å². The van der Waals surface area contributed by atoms with E-state index in [1.54, 1.807) is 7.11 Å². The number of hydrogen-bond acceptors (Lipinski definition) is 4. The van der Waals surface area contributed by atoms with Crippen LogP contribution in [0.5, 0.6) is 5.75 Å². The number of piperazine rings is 1. The Bertz CT molecular complexity index is 586. The highest BCUT2D eigenvalue weighted by molar-refractivity contribution is 8.47. The van der Waals surface area contributed by atoms with Gasteiger partial charge in [-0.25, -0.2) is 0 Å². The Morgan fingerprint density at radius 1 is 0.875 bits per heavy atom. The normalized spacial score (nSPS) is 16.1. The summed E-state index contributed by atoms with van der Waals surface area (Å²) < 4.78 is 7.71. The maximum atomic E-state index is 5.22. The second-order valence-electron chi connectivity index (χ2n) is 5.26. The number of anilines is 1. The molecule has 0 aliphatic carbocycles. The fourth-order valence-electron chi connectivity index (χ4n) is 2.66. The minimum Gasteiger partial charge on any atom is -0.497 e. The zero-order valence-corrected chi connectivity index (χ0v) is 16.5. The molecular weight excluding hydrogens is 335 g/mol. The molecule has 0 bridgehead atoms. The van der Waals surface area contributed by atoms with Crippen LogP contribution < -0.4 is 14.9 Å². The van der Waals surface area contributed by atoms with E-state index in [1.807, 2.05) is 26.0 Å². The van der Waals surface area contributed by atoms with Crippen molar-refractivity contribution in [2.24, 2.45) is 0 Å². The molecule has 1 heterocycles. The van der Waals surface area contributed by atoms with Crippen LogP contribution in [0.4, 0.5) is 5.69 Å². The highest BCUT2D eigenvalue weighted by atomic mass is 32.7. The number of rotatable bonds is 4. The van der Waals surface area contributed by atoms with Gasteiger partial charge >= 0.3 is 0 Å². The third-order valence-electron chi connectivity index (χ3n) is 3.95. The predicted octanol–water partition coefficient (Wildman–Crippen LogP) is 4.41. The van der Waals surface area contributed by atoms with Gasteiger partial charge in [0, 0.05) is 37.2 Å². The van der Waals surface area contributed by atoms with Crippen LogP contribution in [0.1, 0.15) is 13.8 Å². The lowest BCUT2D eigenvalue weighted by atomic mass is 10.2. The first-order chi connectivity index (χ1) is 11.8. The molecule has 2 aromatic rings. The van der Waals surface area contributed by atoms with E-state index >= 15 is 0 Å². The molecule has 2 aromatic carbocycles. The van der Waals surface area contributed by atoms with Crippen molar-refractivity contribution >= 4 is 30.5 Å². The molecule has 24 heavy (non-hydrogen) atoms. The van der Waals surface area contributed by atoms with Gasteiger partial charge in [-0.2, -0.15) is 0 Å². The second kappa shape index (κ2) is 9.93. The summed E-state index contributed by atoms with van der Waals surface area (Å²) in [7, 11) is 1.14. The Kier molecular flexibility index (Phi) is 7.90. The fourth-order valence-corrected chi connectivity index (χ4v) is 4.90. The highest BCUT2D eigenvalue weighted by Crippen LogP contribution is 2.44. The SMILES string of the molecule is CC.COc1ccc(P(S)N2CCN(c3ccccc3)CC2)cc1. The molecule has 0 saturated carbocycles. The van der Waals surface area contributed by atoms with E-state index in [0.29, 0.717) is 0 Å². The van der Waals surface area contributed by atoms with E-state index in [4.69, 9.17) is 17.0 Å². The summed E-state index contributed by atoms with van der Waals surface area (Å²) in [5, 5.41) is 1.28. The maximum Gasteiger partial charge on any atom is 0.118 e. The van der Waals surface area contributed by atoms with Crippen LogP contribution in [-0.2, 0) is 0 Å². The van der Waals surface area contributed by atoms with Crippen molar-refractivity contribution in [1.29, 1.82) is 0 Å². The smallest absolute Gasteiger partial charge is 0.118 e. The van der Waals surface area contributed by atoms with Crippen LogP contribution in [0.2, 0.25) is 0 Å². The molecule has 1 unspecified atom stereocenters. The first-order valence-corrected chi connectivity index (χ1v) is 10.9. The summed E-state index contributed by atoms with van der Waals surface area (Å²) in [6.45, 7) is 8.21. The van der Waals surface area contributed by atoms with Gasteiger partial charge < -0.3 is 9.64 Å². The Morgan fingerprint density at radius 3 is 2.00 bits per heavy atom.